The van der Waals surface area contributed by atoms with Crippen LogP contribution in [0.15, 0.2) is 53.1 Å². The molecule has 1 aliphatic heterocycles. The number of aromatic nitrogens is 1. The molecular formula is C18H16N2O3. The first-order valence-electron chi connectivity index (χ1n) is 7.63. The summed E-state index contributed by atoms with van der Waals surface area (Å²) in [6, 6.07) is 15.5. The molecule has 1 aliphatic rings. The summed E-state index contributed by atoms with van der Waals surface area (Å²) in [5.41, 5.74) is 2.52. The summed E-state index contributed by atoms with van der Waals surface area (Å²) < 4.78 is 10.9. The summed E-state index contributed by atoms with van der Waals surface area (Å²) in [6.45, 7) is 1.16. The Morgan fingerprint density at radius 3 is 2.96 bits per heavy atom. The maximum atomic E-state index is 12.2. The molecule has 1 aromatic heterocycles. The predicted octanol–water partition coefficient (Wildman–Crippen LogP) is 2.66. The fourth-order valence-corrected chi connectivity index (χ4v) is 2.92. The first kappa shape index (κ1) is 13.8. The zero-order chi connectivity index (χ0) is 15.6. The second kappa shape index (κ2) is 5.76. The van der Waals surface area contributed by atoms with Gasteiger partial charge < -0.3 is 14.6 Å². The van der Waals surface area contributed by atoms with E-state index in [0.717, 1.165) is 16.7 Å². The van der Waals surface area contributed by atoms with Crippen molar-refractivity contribution < 1.29 is 14.1 Å². The van der Waals surface area contributed by atoms with Crippen LogP contribution in [0, 0.1) is 0 Å². The molecule has 0 aliphatic carbocycles. The van der Waals surface area contributed by atoms with Crippen molar-refractivity contribution in [2.45, 2.75) is 12.3 Å². The number of carbonyl (C=O) groups is 1. The number of benzene rings is 2. The van der Waals surface area contributed by atoms with Gasteiger partial charge in [0, 0.05) is 23.4 Å². The summed E-state index contributed by atoms with van der Waals surface area (Å²) in [5, 5.41) is 7.84. The van der Waals surface area contributed by atoms with Gasteiger partial charge in [0.1, 0.15) is 11.4 Å². The van der Waals surface area contributed by atoms with Crippen LogP contribution in [0.25, 0.3) is 11.0 Å². The van der Waals surface area contributed by atoms with Crippen LogP contribution in [-0.2, 0) is 11.2 Å². The van der Waals surface area contributed by atoms with E-state index in [1.54, 1.807) is 0 Å². The van der Waals surface area contributed by atoms with Gasteiger partial charge >= 0.3 is 0 Å². The number of hydrogen-bond acceptors (Lipinski definition) is 4. The first-order valence-corrected chi connectivity index (χ1v) is 7.63. The topological polar surface area (TPSA) is 64.4 Å². The molecule has 2 aromatic carbocycles. The Morgan fingerprint density at radius 2 is 2.00 bits per heavy atom. The van der Waals surface area contributed by atoms with Crippen molar-refractivity contribution >= 4 is 16.9 Å². The highest BCUT2D eigenvalue weighted by Crippen LogP contribution is 2.32. The van der Waals surface area contributed by atoms with Gasteiger partial charge in [-0.3, -0.25) is 4.79 Å². The molecule has 0 saturated carbocycles. The molecule has 0 fully saturated rings. The molecule has 116 valence electrons. The number of para-hydroxylation sites is 2. The normalized spacial score (nSPS) is 16.1. The highest BCUT2D eigenvalue weighted by Gasteiger charge is 2.24. The monoisotopic (exact) mass is 308 g/mol. The molecule has 2 heterocycles. The van der Waals surface area contributed by atoms with Crippen LogP contribution in [0.5, 0.6) is 5.75 Å². The largest absolute Gasteiger partial charge is 0.493 e. The minimum Gasteiger partial charge on any atom is -0.493 e. The van der Waals surface area contributed by atoms with Crippen LogP contribution >= 0.6 is 0 Å². The quantitative estimate of drug-likeness (QED) is 0.805. The molecular weight excluding hydrogens is 292 g/mol. The third-order valence-electron chi connectivity index (χ3n) is 4.12. The summed E-state index contributed by atoms with van der Waals surface area (Å²) in [5.74, 6) is 1.05. The molecule has 5 nitrogen and oxygen atoms in total. The molecule has 0 spiro atoms. The van der Waals surface area contributed by atoms with Crippen molar-refractivity contribution in [3.8, 4) is 5.75 Å². The lowest BCUT2D eigenvalue weighted by atomic mass is 10.0. The SMILES string of the molecule is O=C(Cc1noc2ccccc12)NC[C@@H]1COc2ccccc21. The van der Waals surface area contributed by atoms with E-state index in [4.69, 9.17) is 9.26 Å². The minimum absolute atomic E-state index is 0.0616. The van der Waals surface area contributed by atoms with Gasteiger partial charge in [-0.2, -0.15) is 0 Å². The Bertz CT molecular complexity index is 856. The lowest BCUT2D eigenvalue weighted by Crippen LogP contribution is -2.30. The van der Waals surface area contributed by atoms with E-state index >= 15 is 0 Å². The molecule has 0 unspecified atom stereocenters. The minimum atomic E-state index is -0.0616. The van der Waals surface area contributed by atoms with E-state index in [1.165, 1.54) is 0 Å². The second-order valence-corrected chi connectivity index (χ2v) is 5.65. The summed E-state index contributed by atoms with van der Waals surface area (Å²) in [4.78, 5) is 12.2. The molecule has 0 radical (unpaired) electrons. The van der Waals surface area contributed by atoms with Crippen molar-refractivity contribution in [2.24, 2.45) is 0 Å². The first-order chi connectivity index (χ1) is 11.3. The van der Waals surface area contributed by atoms with E-state index in [2.05, 4.69) is 10.5 Å². The third-order valence-corrected chi connectivity index (χ3v) is 4.12. The molecule has 23 heavy (non-hydrogen) atoms. The van der Waals surface area contributed by atoms with Crippen molar-refractivity contribution in [3.63, 3.8) is 0 Å². The Hall–Kier alpha value is -2.82. The fourth-order valence-electron chi connectivity index (χ4n) is 2.92. The molecule has 5 heteroatoms. The van der Waals surface area contributed by atoms with Gasteiger partial charge in [0.2, 0.25) is 5.91 Å². The third kappa shape index (κ3) is 2.65. The van der Waals surface area contributed by atoms with Crippen molar-refractivity contribution in [1.29, 1.82) is 0 Å². The Morgan fingerprint density at radius 1 is 1.17 bits per heavy atom. The summed E-state index contributed by atoms with van der Waals surface area (Å²) >= 11 is 0. The van der Waals surface area contributed by atoms with E-state index < -0.39 is 0 Å². The number of rotatable bonds is 4. The average molecular weight is 308 g/mol. The second-order valence-electron chi connectivity index (χ2n) is 5.65. The number of fused-ring (bicyclic) bond motifs is 2. The van der Waals surface area contributed by atoms with Gasteiger partial charge in [-0.05, 0) is 18.2 Å². The Balaban J connectivity index is 1.40. The van der Waals surface area contributed by atoms with Crippen molar-refractivity contribution in [2.75, 3.05) is 13.2 Å². The standard InChI is InChI=1S/C18H16N2O3/c21-18(9-15-14-6-2-4-8-17(14)23-20-15)19-10-12-11-22-16-7-3-1-5-13(12)16/h1-8,12H,9-11H2,(H,19,21)/t12-/m1/s1. The molecule has 1 atom stereocenters. The maximum absolute atomic E-state index is 12.2. The maximum Gasteiger partial charge on any atom is 0.226 e. The predicted molar refractivity (Wildman–Crippen MR) is 85.4 cm³/mol. The summed E-state index contributed by atoms with van der Waals surface area (Å²) in [7, 11) is 0. The van der Waals surface area contributed by atoms with Gasteiger partial charge in [0.15, 0.2) is 5.58 Å². The van der Waals surface area contributed by atoms with E-state index in [0.29, 0.717) is 24.4 Å². The highest BCUT2D eigenvalue weighted by atomic mass is 16.5. The van der Waals surface area contributed by atoms with Gasteiger partial charge in [0.05, 0.1) is 13.0 Å². The van der Waals surface area contributed by atoms with Crippen LogP contribution in [0.4, 0.5) is 0 Å². The number of ether oxygens (including phenoxy) is 1. The Labute approximate surface area is 133 Å². The highest BCUT2D eigenvalue weighted by molar-refractivity contribution is 5.86. The van der Waals surface area contributed by atoms with Gasteiger partial charge in [0.25, 0.3) is 0 Å². The van der Waals surface area contributed by atoms with E-state index in [1.807, 2.05) is 48.5 Å². The van der Waals surface area contributed by atoms with Crippen LogP contribution in [0.2, 0.25) is 0 Å². The number of hydrogen-bond donors (Lipinski definition) is 1. The molecule has 0 bridgehead atoms. The summed E-state index contributed by atoms with van der Waals surface area (Å²) in [6.07, 6.45) is 0.215. The Kier molecular flexibility index (Phi) is 3.46. The van der Waals surface area contributed by atoms with Crippen LogP contribution in [0.3, 0.4) is 0 Å². The zero-order valence-corrected chi connectivity index (χ0v) is 12.5. The van der Waals surface area contributed by atoms with E-state index in [-0.39, 0.29) is 18.2 Å². The van der Waals surface area contributed by atoms with Gasteiger partial charge in [-0.15, -0.1) is 0 Å². The van der Waals surface area contributed by atoms with Crippen molar-refractivity contribution in [1.82, 2.24) is 10.5 Å². The fraction of sp³-hybridized carbons (Fsp3) is 0.222. The number of amides is 1. The zero-order valence-electron chi connectivity index (χ0n) is 12.5. The van der Waals surface area contributed by atoms with Gasteiger partial charge in [-0.25, -0.2) is 0 Å². The van der Waals surface area contributed by atoms with E-state index in [9.17, 15) is 4.79 Å². The molecule has 4 rings (SSSR count). The molecule has 3 aromatic rings. The molecule has 1 amide bonds. The average Bonchev–Trinajstić information content (AvgIpc) is 3.18. The molecule has 1 N–H and O–H groups in total. The van der Waals surface area contributed by atoms with Crippen LogP contribution in [-0.4, -0.2) is 24.2 Å². The smallest absolute Gasteiger partial charge is 0.226 e. The van der Waals surface area contributed by atoms with Crippen molar-refractivity contribution in [3.05, 3.63) is 59.8 Å². The molecule has 0 saturated heterocycles. The van der Waals surface area contributed by atoms with Gasteiger partial charge in [-0.1, -0.05) is 35.5 Å². The number of nitrogens with zero attached hydrogens (tertiary/aromatic N) is 1. The van der Waals surface area contributed by atoms with Crippen LogP contribution < -0.4 is 10.1 Å². The number of nitrogens with one attached hydrogen (secondary N) is 1. The van der Waals surface area contributed by atoms with Crippen LogP contribution in [0.1, 0.15) is 17.2 Å². The number of carbonyl (C=O) groups excluding carboxylic acids is 1. The lowest BCUT2D eigenvalue weighted by Gasteiger charge is -2.10. The lowest BCUT2D eigenvalue weighted by molar-refractivity contribution is -0.120.